The van der Waals surface area contributed by atoms with Gasteiger partial charge in [-0.1, -0.05) is 0 Å². The molecule has 2 N–H and O–H groups in total. The van der Waals surface area contributed by atoms with E-state index < -0.39 is 10.8 Å². The van der Waals surface area contributed by atoms with Crippen LogP contribution in [0.1, 0.15) is 30.1 Å². The fourth-order valence-electron chi connectivity index (χ4n) is 2.74. The molecule has 0 spiro atoms. The van der Waals surface area contributed by atoms with E-state index >= 15 is 0 Å². The zero-order valence-corrected chi connectivity index (χ0v) is 12.9. The molecule has 8 heteroatoms. The number of hydrogen-bond donors (Lipinski definition) is 1. The smallest absolute Gasteiger partial charge is 0.310 e. The van der Waals surface area contributed by atoms with E-state index in [2.05, 4.69) is 0 Å². The molecule has 1 aliphatic heterocycles. The van der Waals surface area contributed by atoms with Crippen molar-refractivity contribution in [1.29, 1.82) is 0 Å². The van der Waals surface area contributed by atoms with Gasteiger partial charge >= 0.3 is 5.97 Å². The minimum atomic E-state index is -0.720. The number of carbonyl (C=O) groups excluding carboxylic acids is 2. The molecule has 0 aliphatic carbocycles. The Bertz CT molecular complexity index is 632. The maximum atomic E-state index is 11.9. The van der Waals surface area contributed by atoms with Gasteiger partial charge in [-0.05, 0) is 31.9 Å². The molecule has 1 fully saturated rings. The van der Waals surface area contributed by atoms with Crippen molar-refractivity contribution in [3.8, 4) is 0 Å². The van der Waals surface area contributed by atoms with E-state index in [1.807, 2.05) is 0 Å². The van der Waals surface area contributed by atoms with Crippen molar-refractivity contribution < 1.29 is 19.2 Å². The van der Waals surface area contributed by atoms with Crippen LogP contribution in [0.3, 0.4) is 0 Å². The molecule has 0 bridgehead atoms. The highest BCUT2D eigenvalue weighted by Crippen LogP contribution is 2.32. The molecular formula is C15H19N3O5. The minimum absolute atomic E-state index is 0.0828. The van der Waals surface area contributed by atoms with Crippen molar-refractivity contribution in [2.75, 3.05) is 24.6 Å². The molecule has 8 nitrogen and oxygen atoms in total. The lowest BCUT2D eigenvalue weighted by Gasteiger charge is -2.32. The van der Waals surface area contributed by atoms with Crippen molar-refractivity contribution in [1.82, 2.24) is 0 Å². The molecule has 23 heavy (non-hydrogen) atoms. The Morgan fingerprint density at radius 2 is 2.22 bits per heavy atom. The monoisotopic (exact) mass is 321 g/mol. The van der Waals surface area contributed by atoms with Crippen LogP contribution in [0.4, 0.5) is 11.4 Å². The summed E-state index contributed by atoms with van der Waals surface area (Å²) in [6.07, 6.45) is 1.43. The fourth-order valence-corrected chi connectivity index (χ4v) is 2.74. The van der Waals surface area contributed by atoms with Gasteiger partial charge in [0.1, 0.15) is 5.69 Å². The first-order valence-corrected chi connectivity index (χ1v) is 7.43. The summed E-state index contributed by atoms with van der Waals surface area (Å²) >= 11 is 0. The standard InChI is InChI=1S/C15H19N3O5/c1-2-23-15(20)11-4-3-7-17(9-11)12-6-5-10(14(16)19)8-13(12)18(21)22/h5-6,8,11H,2-4,7,9H2,1H3,(H2,16,19)/t11-/m1/s1. The zero-order valence-electron chi connectivity index (χ0n) is 12.9. The number of esters is 1. The molecular weight excluding hydrogens is 302 g/mol. The number of rotatable bonds is 5. The number of nitro benzene ring substituents is 1. The Hall–Kier alpha value is -2.64. The second-order valence-electron chi connectivity index (χ2n) is 5.36. The predicted molar refractivity (Wildman–Crippen MR) is 83.2 cm³/mol. The molecule has 124 valence electrons. The van der Waals surface area contributed by atoms with E-state index in [1.165, 1.54) is 18.2 Å². The van der Waals surface area contributed by atoms with Gasteiger partial charge in [0.25, 0.3) is 5.69 Å². The summed E-state index contributed by atoms with van der Waals surface area (Å²) in [5.41, 5.74) is 5.45. The molecule has 2 rings (SSSR count). The summed E-state index contributed by atoms with van der Waals surface area (Å²) in [6.45, 7) is 3.01. The quantitative estimate of drug-likeness (QED) is 0.499. The largest absolute Gasteiger partial charge is 0.466 e. The van der Waals surface area contributed by atoms with Crippen LogP contribution in [0, 0.1) is 16.0 Å². The van der Waals surface area contributed by atoms with Crippen LogP contribution in [0.5, 0.6) is 0 Å². The maximum absolute atomic E-state index is 11.9. The number of ether oxygens (including phenoxy) is 1. The zero-order chi connectivity index (χ0) is 17.0. The summed E-state index contributed by atoms with van der Waals surface area (Å²) in [5, 5.41) is 11.3. The molecule has 0 saturated carbocycles. The Balaban J connectivity index is 2.28. The van der Waals surface area contributed by atoms with Crippen LogP contribution in [-0.2, 0) is 9.53 Å². The summed E-state index contributed by atoms with van der Waals surface area (Å²) in [7, 11) is 0. The van der Waals surface area contributed by atoms with Crippen LogP contribution in [-0.4, -0.2) is 36.5 Å². The fraction of sp³-hybridized carbons (Fsp3) is 0.467. The maximum Gasteiger partial charge on any atom is 0.310 e. The Labute approximate surface area is 133 Å². The Morgan fingerprint density at radius 3 is 2.83 bits per heavy atom. The van der Waals surface area contributed by atoms with Gasteiger partial charge in [0.05, 0.1) is 17.4 Å². The minimum Gasteiger partial charge on any atom is -0.466 e. The van der Waals surface area contributed by atoms with Gasteiger partial charge in [0, 0.05) is 24.7 Å². The summed E-state index contributed by atoms with van der Waals surface area (Å²) in [6, 6.07) is 4.13. The molecule has 1 saturated heterocycles. The van der Waals surface area contributed by atoms with E-state index in [0.717, 1.165) is 6.42 Å². The van der Waals surface area contributed by atoms with Crippen LogP contribution >= 0.6 is 0 Å². The van der Waals surface area contributed by atoms with Gasteiger partial charge in [-0.3, -0.25) is 19.7 Å². The van der Waals surface area contributed by atoms with Crippen LogP contribution < -0.4 is 10.6 Å². The van der Waals surface area contributed by atoms with Gasteiger partial charge in [-0.25, -0.2) is 0 Å². The summed E-state index contributed by atoms with van der Waals surface area (Å²) < 4.78 is 5.03. The number of piperidine rings is 1. The number of primary amides is 1. The van der Waals surface area contributed by atoms with E-state index in [0.29, 0.717) is 31.8 Å². The molecule has 0 radical (unpaired) electrons. The first-order valence-electron chi connectivity index (χ1n) is 7.43. The molecule has 1 aromatic carbocycles. The van der Waals surface area contributed by atoms with Crippen LogP contribution in [0.2, 0.25) is 0 Å². The van der Waals surface area contributed by atoms with Crippen molar-refractivity contribution in [3.63, 3.8) is 0 Å². The average molecular weight is 321 g/mol. The molecule has 1 amide bonds. The molecule has 1 aliphatic rings. The van der Waals surface area contributed by atoms with Gasteiger partial charge in [0.15, 0.2) is 0 Å². The highest BCUT2D eigenvalue weighted by atomic mass is 16.6. The SMILES string of the molecule is CCOC(=O)[C@@H]1CCCN(c2ccc(C(N)=O)cc2[N+](=O)[O-])C1. The van der Waals surface area contributed by atoms with Crippen LogP contribution in [0.15, 0.2) is 18.2 Å². The third-order valence-electron chi connectivity index (χ3n) is 3.84. The molecule has 1 atom stereocenters. The van der Waals surface area contributed by atoms with Gasteiger partial charge < -0.3 is 15.4 Å². The lowest BCUT2D eigenvalue weighted by molar-refractivity contribution is -0.384. The van der Waals surface area contributed by atoms with E-state index in [1.54, 1.807) is 11.8 Å². The molecule has 0 unspecified atom stereocenters. The average Bonchev–Trinajstić information content (AvgIpc) is 2.54. The van der Waals surface area contributed by atoms with Crippen LogP contribution in [0.25, 0.3) is 0 Å². The number of nitrogens with zero attached hydrogens (tertiary/aromatic N) is 2. The Kier molecular flexibility index (Phi) is 5.15. The first-order chi connectivity index (χ1) is 10.9. The van der Waals surface area contributed by atoms with E-state index in [9.17, 15) is 19.7 Å². The Morgan fingerprint density at radius 1 is 1.48 bits per heavy atom. The van der Waals surface area contributed by atoms with Crippen molar-refractivity contribution in [3.05, 3.63) is 33.9 Å². The van der Waals surface area contributed by atoms with Crippen molar-refractivity contribution in [2.24, 2.45) is 11.7 Å². The van der Waals surface area contributed by atoms with Crippen molar-refractivity contribution in [2.45, 2.75) is 19.8 Å². The number of nitrogens with two attached hydrogens (primary N) is 1. The van der Waals surface area contributed by atoms with Gasteiger partial charge in [-0.15, -0.1) is 0 Å². The van der Waals surface area contributed by atoms with E-state index in [4.69, 9.17) is 10.5 Å². The number of nitro groups is 1. The number of anilines is 1. The second-order valence-corrected chi connectivity index (χ2v) is 5.36. The third kappa shape index (κ3) is 3.77. The number of carbonyl (C=O) groups is 2. The first kappa shape index (κ1) is 16.7. The third-order valence-corrected chi connectivity index (χ3v) is 3.84. The predicted octanol–water partition coefficient (Wildman–Crippen LogP) is 1.47. The lowest BCUT2D eigenvalue weighted by atomic mass is 9.97. The summed E-state index contributed by atoms with van der Waals surface area (Å²) in [5.74, 6) is -1.31. The van der Waals surface area contributed by atoms with Gasteiger partial charge in [0.2, 0.25) is 5.91 Å². The topological polar surface area (TPSA) is 116 Å². The number of benzene rings is 1. The second kappa shape index (κ2) is 7.08. The van der Waals surface area contributed by atoms with Crippen molar-refractivity contribution >= 4 is 23.3 Å². The molecule has 1 heterocycles. The highest BCUT2D eigenvalue weighted by molar-refractivity contribution is 5.94. The highest BCUT2D eigenvalue weighted by Gasteiger charge is 2.30. The van der Waals surface area contributed by atoms with E-state index in [-0.39, 0.29) is 23.1 Å². The lowest BCUT2D eigenvalue weighted by Crippen LogP contribution is -2.39. The molecule has 1 aromatic rings. The molecule has 0 aromatic heterocycles. The number of hydrogen-bond acceptors (Lipinski definition) is 6. The summed E-state index contributed by atoms with van der Waals surface area (Å²) in [4.78, 5) is 35.6. The number of amides is 1. The normalized spacial score (nSPS) is 17.6. The van der Waals surface area contributed by atoms with Gasteiger partial charge in [-0.2, -0.15) is 0 Å².